The third-order valence-corrected chi connectivity index (χ3v) is 11.0. The predicted octanol–water partition coefficient (Wildman–Crippen LogP) is 5.15. The molecule has 2 heterocycles. The van der Waals surface area contributed by atoms with E-state index in [0.717, 1.165) is 30.3 Å². The summed E-state index contributed by atoms with van der Waals surface area (Å²) >= 11 is 0. The molecule has 0 unspecified atom stereocenters. The summed E-state index contributed by atoms with van der Waals surface area (Å²) < 4.78 is 18.1. The van der Waals surface area contributed by atoms with E-state index < -0.39 is 106 Å². The third kappa shape index (κ3) is 6.55. The highest BCUT2D eigenvalue weighted by atomic mass is 16.5. The molecule has 5 atom stereocenters. The van der Waals surface area contributed by atoms with E-state index in [2.05, 4.69) is 0 Å². The van der Waals surface area contributed by atoms with E-state index in [-0.39, 0.29) is 73.7 Å². The van der Waals surface area contributed by atoms with Gasteiger partial charge in [-0.2, -0.15) is 0 Å². The quantitative estimate of drug-likeness (QED) is 0.0712. The maximum atomic E-state index is 13.4. The van der Waals surface area contributed by atoms with Crippen LogP contribution in [0.3, 0.4) is 0 Å². The molecule has 0 saturated carbocycles. The standard InChI is InChI=1S/C43H42O16/c1-15(2)35(53)34-37(55)21(36(54)16(3)39(34)57-4)11-19-24(46)13-28(50)31-33(38(56)41(59-42(19)31)18-6-8-23(45)27(49)10-18)32-29(51)14-25(47)20-12-30(52)40(58-43(20)32)17-5-7-22(44)26(48)9-17/h5-10,13-15,30,33,38,40-41,44-52,54-56H,11-12H2,1-4H3/t30-,33+,38+,40-,41-/m1/s1. The van der Waals surface area contributed by atoms with Crippen LogP contribution in [0.4, 0.5) is 0 Å². The van der Waals surface area contributed by atoms with Crippen LogP contribution in [0.2, 0.25) is 0 Å². The van der Waals surface area contributed by atoms with Gasteiger partial charge in [-0.15, -0.1) is 0 Å². The zero-order valence-corrected chi connectivity index (χ0v) is 32.0. The fourth-order valence-corrected chi connectivity index (χ4v) is 8.00. The number of fused-ring (bicyclic) bond motifs is 2. The van der Waals surface area contributed by atoms with E-state index in [4.69, 9.17) is 14.2 Å². The highest BCUT2D eigenvalue weighted by Crippen LogP contribution is 2.59. The second kappa shape index (κ2) is 14.8. The Morgan fingerprint density at radius 2 is 1.22 bits per heavy atom. The zero-order chi connectivity index (χ0) is 42.9. The number of ether oxygens (including phenoxy) is 3. The van der Waals surface area contributed by atoms with Gasteiger partial charge in [-0.05, 0) is 42.3 Å². The lowest BCUT2D eigenvalue weighted by Crippen LogP contribution is -2.37. The number of phenolic OH excluding ortho intramolecular Hbond substituents is 10. The van der Waals surface area contributed by atoms with Crippen molar-refractivity contribution in [2.24, 2.45) is 5.92 Å². The average Bonchev–Trinajstić information content (AvgIpc) is 3.18. The van der Waals surface area contributed by atoms with E-state index in [9.17, 15) is 66.1 Å². The van der Waals surface area contributed by atoms with Crippen LogP contribution in [0.25, 0.3) is 0 Å². The Labute approximate surface area is 335 Å². The smallest absolute Gasteiger partial charge is 0.172 e. The Kier molecular flexibility index (Phi) is 10.1. The van der Waals surface area contributed by atoms with Crippen LogP contribution in [0, 0.1) is 12.8 Å². The van der Waals surface area contributed by atoms with Gasteiger partial charge in [0.05, 0.1) is 19.1 Å². The molecular formula is C43H42O16. The number of rotatable bonds is 8. The summed E-state index contributed by atoms with van der Waals surface area (Å²) in [5.41, 5.74) is -0.888. The van der Waals surface area contributed by atoms with E-state index in [1.165, 1.54) is 32.2 Å². The molecule has 0 fully saturated rings. The van der Waals surface area contributed by atoms with Crippen molar-refractivity contribution < 1.29 is 80.3 Å². The first-order valence-electron chi connectivity index (χ1n) is 18.4. The Hall–Kier alpha value is -6.91. The van der Waals surface area contributed by atoms with Crippen molar-refractivity contribution in [2.45, 2.75) is 63.9 Å². The molecular weight excluding hydrogens is 772 g/mol. The number of carbonyl (C=O) groups excluding carboxylic acids is 1. The first kappa shape index (κ1) is 40.3. The van der Waals surface area contributed by atoms with Crippen molar-refractivity contribution in [3.8, 4) is 74.7 Å². The van der Waals surface area contributed by atoms with Crippen molar-refractivity contribution in [1.29, 1.82) is 0 Å². The van der Waals surface area contributed by atoms with Crippen molar-refractivity contribution in [2.75, 3.05) is 7.11 Å². The molecule has 0 aliphatic carbocycles. The Bertz CT molecular complexity index is 2530. The maximum absolute atomic E-state index is 13.4. The fourth-order valence-electron chi connectivity index (χ4n) is 8.00. The van der Waals surface area contributed by atoms with Crippen molar-refractivity contribution in [3.05, 3.63) is 98.6 Å². The molecule has 16 nitrogen and oxygen atoms in total. The highest BCUT2D eigenvalue weighted by Gasteiger charge is 2.47. The minimum absolute atomic E-state index is 0.0204. The molecule has 0 saturated heterocycles. The maximum Gasteiger partial charge on any atom is 0.172 e. The van der Waals surface area contributed by atoms with Crippen molar-refractivity contribution in [1.82, 2.24) is 0 Å². The predicted molar refractivity (Wildman–Crippen MR) is 206 cm³/mol. The van der Waals surface area contributed by atoms with Crippen LogP contribution in [0.1, 0.15) is 86.8 Å². The normalized spacial score (nSPS) is 19.7. The lowest BCUT2D eigenvalue weighted by Gasteiger charge is -2.41. The largest absolute Gasteiger partial charge is 0.507 e. The molecule has 0 bridgehead atoms. The first-order valence-corrected chi connectivity index (χ1v) is 18.4. The minimum Gasteiger partial charge on any atom is -0.507 e. The lowest BCUT2D eigenvalue weighted by atomic mass is 9.76. The molecule has 16 heteroatoms. The van der Waals surface area contributed by atoms with E-state index >= 15 is 0 Å². The molecule has 5 aromatic carbocycles. The molecule has 2 aliphatic heterocycles. The summed E-state index contributed by atoms with van der Waals surface area (Å²) in [6, 6.07) is 9.07. The third-order valence-electron chi connectivity index (χ3n) is 11.0. The summed E-state index contributed by atoms with van der Waals surface area (Å²) in [5, 5.41) is 133. The number of carbonyl (C=O) groups is 1. The van der Waals surface area contributed by atoms with Crippen LogP contribution in [-0.2, 0) is 12.8 Å². The number of benzene rings is 5. The fraction of sp³-hybridized carbons (Fsp3) is 0.279. The van der Waals surface area contributed by atoms with Gasteiger partial charge in [0.15, 0.2) is 34.9 Å². The van der Waals surface area contributed by atoms with Crippen molar-refractivity contribution in [3.63, 3.8) is 0 Å². The van der Waals surface area contributed by atoms with E-state index in [1.54, 1.807) is 13.8 Å². The minimum atomic E-state index is -1.82. The molecule has 59 heavy (non-hydrogen) atoms. The number of ketones is 1. The summed E-state index contributed by atoms with van der Waals surface area (Å²) in [4.78, 5) is 13.4. The van der Waals surface area contributed by atoms with Crippen LogP contribution >= 0.6 is 0 Å². The monoisotopic (exact) mass is 814 g/mol. The number of hydrogen-bond acceptors (Lipinski definition) is 16. The second-order valence-corrected chi connectivity index (χ2v) is 15.0. The molecule has 7 rings (SSSR count). The Morgan fingerprint density at radius 1 is 0.678 bits per heavy atom. The number of aliphatic hydroxyl groups is 2. The van der Waals surface area contributed by atoms with Gasteiger partial charge < -0.3 is 75.5 Å². The number of methoxy groups -OCH3 is 1. The molecule has 0 spiro atoms. The van der Waals surface area contributed by atoms with Crippen LogP contribution in [0.15, 0.2) is 48.5 Å². The lowest BCUT2D eigenvalue weighted by molar-refractivity contribution is 0.000679. The molecule has 0 amide bonds. The number of aromatic hydroxyl groups is 10. The van der Waals surface area contributed by atoms with Crippen molar-refractivity contribution >= 4 is 5.78 Å². The molecule has 310 valence electrons. The second-order valence-electron chi connectivity index (χ2n) is 15.0. The van der Waals surface area contributed by atoms with Gasteiger partial charge in [0.25, 0.3) is 0 Å². The van der Waals surface area contributed by atoms with Crippen LogP contribution in [0.5, 0.6) is 74.7 Å². The number of Topliss-reactive ketones (excluding diaryl/α,β-unsaturated/α-hetero) is 1. The Balaban J connectivity index is 1.49. The zero-order valence-electron chi connectivity index (χ0n) is 32.0. The summed E-state index contributed by atoms with van der Waals surface area (Å²) in [6.07, 6.45) is -6.86. The van der Waals surface area contributed by atoms with Gasteiger partial charge in [0.1, 0.15) is 69.5 Å². The molecule has 0 aromatic heterocycles. The SMILES string of the molecule is COc1c(C)c(O)c(Cc2c(O)cc(O)c3c2O[C@H](c2ccc(O)c(O)c2)[C@@H](O)[C@@H]3c2c(O)cc(O)c3c2O[C@H](c2ccc(O)c(O)c2)[C@H](O)C3)c(O)c1C(=O)C(C)C. The molecule has 12 N–H and O–H groups in total. The van der Waals surface area contributed by atoms with Crippen LogP contribution in [-0.4, -0.2) is 86.4 Å². The summed E-state index contributed by atoms with van der Waals surface area (Å²) in [6.45, 7) is 4.66. The van der Waals surface area contributed by atoms with Gasteiger partial charge in [-0.25, -0.2) is 0 Å². The number of phenols is 10. The van der Waals surface area contributed by atoms with Gasteiger partial charge in [0, 0.05) is 64.3 Å². The molecule has 2 aliphatic rings. The van der Waals surface area contributed by atoms with Gasteiger partial charge in [-0.1, -0.05) is 26.0 Å². The first-order chi connectivity index (χ1) is 27.9. The average molecular weight is 815 g/mol. The molecule has 5 aromatic rings. The number of aliphatic hydroxyl groups excluding tert-OH is 2. The summed E-state index contributed by atoms with van der Waals surface area (Å²) in [7, 11) is 1.26. The van der Waals surface area contributed by atoms with Gasteiger partial charge in [0.2, 0.25) is 0 Å². The van der Waals surface area contributed by atoms with Gasteiger partial charge >= 0.3 is 0 Å². The Morgan fingerprint density at radius 3 is 1.78 bits per heavy atom. The van der Waals surface area contributed by atoms with Gasteiger partial charge in [-0.3, -0.25) is 4.79 Å². The summed E-state index contributed by atoms with van der Waals surface area (Å²) in [5.74, 6) is -9.15. The van der Waals surface area contributed by atoms with Crippen LogP contribution < -0.4 is 14.2 Å². The van der Waals surface area contributed by atoms with E-state index in [0.29, 0.717) is 0 Å². The highest BCUT2D eigenvalue weighted by molar-refractivity contribution is 6.03. The molecule has 0 radical (unpaired) electrons. The van der Waals surface area contributed by atoms with E-state index in [1.807, 2.05) is 0 Å². The topological polar surface area (TPSA) is 288 Å². The number of hydrogen-bond donors (Lipinski definition) is 12.